The highest BCUT2D eigenvalue weighted by Gasteiger charge is 2.58. The minimum Gasteiger partial charge on any atom is -0.427 e. The second-order valence-electron chi connectivity index (χ2n) is 12.2. The number of hydrogen-bond donors (Lipinski definition) is 1. The number of imide groups is 1. The molecule has 224 valence electrons. The summed E-state index contributed by atoms with van der Waals surface area (Å²) in [7, 11) is 0. The van der Waals surface area contributed by atoms with Crippen molar-refractivity contribution in [2.75, 3.05) is 25.0 Å². The van der Waals surface area contributed by atoms with Gasteiger partial charge in [-0.1, -0.05) is 50.2 Å². The summed E-state index contributed by atoms with van der Waals surface area (Å²) < 4.78 is 5.79. The number of anilines is 1. The van der Waals surface area contributed by atoms with Gasteiger partial charge in [0.1, 0.15) is 6.54 Å². The first-order valence-electron chi connectivity index (χ1n) is 15.1. The summed E-state index contributed by atoms with van der Waals surface area (Å²) in [6.45, 7) is 11.5. The fourth-order valence-corrected chi connectivity index (χ4v) is 6.47. The van der Waals surface area contributed by atoms with E-state index in [1.807, 2.05) is 71.0 Å². The second kappa shape index (κ2) is 11.5. The van der Waals surface area contributed by atoms with Crippen molar-refractivity contribution < 1.29 is 23.9 Å². The molecule has 0 bridgehead atoms. The van der Waals surface area contributed by atoms with Crippen LogP contribution in [0, 0.1) is 5.92 Å². The van der Waals surface area contributed by atoms with Crippen LogP contribution in [0.15, 0.2) is 48.5 Å². The summed E-state index contributed by atoms with van der Waals surface area (Å²) in [6.07, 6.45) is 2.15. The lowest BCUT2D eigenvalue weighted by molar-refractivity contribution is -0.143. The van der Waals surface area contributed by atoms with Crippen LogP contribution in [0.5, 0.6) is 0 Å². The largest absolute Gasteiger partial charge is 0.427 e. The Kier molecular flexibility index (Phi) is 8.16. The molecule has 2 aromatic carbocycles. The Morgan fingerprint density at radius 1 is 1.10 bits per heavy atom. The van der Waals surface area contributed by atoms with E-state index in [1.54, 1.807) is 17.0 Å². The molecule has 9 nitrogen and oxygen atoms in total. The third-order valence-electron chi connectivity index (χ3n) is 9.33. The average Bonchev–Trinajstić information content (AvgIpc) is 3.73. The number of benzene rings is 2. The van der Waals surface area contributed by atoms with Crippen LogP contribution < -0.4 is 5.32 Å². The predicted octanol–water partition coefficient (Wildman–Crippen LogP) is 4.69. The van der Waals surface area contributed by atoms with Crippen LogP contribution in [0.25, 0.3) is 0 Å². The highest BCUT2D eigenvalue weighted by molar-refractivity contribution is 6.06. The summed E-state index contributed by atoms with van der Waals surface area (Å²) in [5, 5.41) is 3.02. The van der Waals surface area contributed by atoms with E-state index in [-0.39, 0.29) is 24.4 Å². The Balaban J connectivity index is 1.32. The molecule has 5 rings (SSSR count). The zero-order valence-electron chi connectivity index (χ0n) is 25.3. The van der Waals surface area contributed by atoms with Crippen LogP contribution in [-0.4, -0.2) is 69.7 Å². The first kappa shape index (κ1) is 29.8. The number of nitrogens with one attached hydrogen (secondary N) is 1. The van der Waals surface area contributed by atoms with E-state index in [4.69, 9.17) is 4.74 Å². The van der Waals surface area contributed by atoms with Gasteiger partial charge < -0.3 is 15.0 Å². The van der Waals surface area contributed by atoms with E-state index in [0.29, 0.717) is 36.6 Å². The number of carbonyl (C=O) groups excluding carboxylic acids is 4. The average molecular weight is 575 g/mol. The van der Waals surface area contributed by atoms with Crippen LogP contribution in [0.1, 0.15) is 70.6 Å². The minimum absolute atomic E-state index is 0.00735. The summed E-state index contributed by atoms with van der Waals surface area (Å²) in [6, 6.07) is 15.1. The normalized spacial score (nSPS) is 20.6. The van der Waals surface area contributed by atoms with Gasteiger partial charge >= 0.3 is 6.09 Å². The maximum absolute atomic E-state index is 13.8. The zero-order chi connectivity index (χ0) is 30.2. The molecule has 42 heavy (non-hydrogen) atoms. The Labute approximate surface area is 248 Å². The lowest BCUT2D eigenvalue weighted by Crippen LogP contribution is -2.52. The van der Waals surface area contributed by atoms with Crippen LogP contribution in [0.3, 0.4) is 0 Å². The van der Waals surface area contributed by atoms with Gasteiger partial charge in [-0.25, -0.2) is 9.69 Å². The lowest BCUT2D eigenvalue weighted by Gasteiger charge is -2.35. The number of likely N-dealkylation sites (N-methyl/N-ethyl adjacent to an activating group) is 1. The van der Waals surface area contributed by atoms with Crippen molar-refractivity contribution in [2.24, 2.45) is 5.92 Å². The summed E-state index contributed by atoms with van der Waals surface area (Å²) >= 11 is 0. The number of ether oxygens (including phenoxy) is 1. The zero-order valence-corrected chi connectivity index (χ0v) is 25.3. The molecule has 1 saturated carbocycles. The van der Waals surface area contributed by atoms with Gasteiger partial charge in [-0.2, -0.15) is 0 Å². The molecule has 2 atom stereocenters. The molecule has 1 saturated heterocycles. The van der Waals surface area contributed by atoms with E-state index in [0.717, 1.165) is 42.0 Å². The van der Waals surface area contributed by atoms with Gasteiger partial charge in [0.05, 0.1) is 5.54 Å². The smallest absolute Gasteiger partial charge is 0.418 e. The Bertz CT molecular complexity index is 1370. The quantitative estimate of drug-likeness (QED) is 0.418. The highest BCUT2D eigenvalue weighted by Crippen LogP contribution is 2.46. The number of hydrogen-bond acceptors (Lipinski definition) is 6. The molecule has 1 heterocycles. The van der Waals surface area contributed by atoms with Crippen molar-refractivity contribution in [3.63, 3.8) is 0 Å². The van der Waals surface area contributed by atoms with Gasteiger partial charge in [0.15, 0.2) is 0 Å². The fourth-order valence-electron chi connectivity index (χ4n) is 6.47. The summed E-state index contributed by atoms with van der Waals surface area (Å²) in [5.41, 5.74) is 0.949. The molecule has 2 unspecified atom stereocenters. The molecule has 0 radical (unpaired) electrons. The van der Waals surface area contributed by atoms with E-state index in [2.05, 4.69) is 10.2 Å². The monoisotopic (exact) mass is 574 g/mol. The molecule has 1 spiro atoms. The maximum Gasteiger partial charge on any atom is 0.418 e. The fraction of sp³-hybridized carbons (Fsp3) is 0.515. The van der Waals surface area contributed by atoms with E-state index >= 15 is 0 Å². The highest BCUT2D eigenvalue weighted by atomic mass is 16.6. The van der Waals surface area contributed by atoms with Crippen molar-refractivity contribution >= 4 is 29.5 Å². The topological polar surface area (TPSA) is 99.3 Å². The van der Waals surface area contributed by atoms with Crippen LogP contribution in [0.4, 0.5) is 10.5 Å². The lowest BCUT2D eigenvalue weighted by atomic mass is 9.94. The van der Waals surface area contributed by atoms with Crippen molar-refractivity contribution in [1.29, 1.82) is 0 Å². The van der Waals surface area contributed by atoms with Gasteiger partial charge in [0.2, 0.25) is 17.4 Å². The van der Waals surface area contributed by atoms with Crippen molar-refractivity contribution in [3.8, 4) is 0 Å². The van der Waals surface area contributed by atoms with E-state index in [1.165, 1.54) is 0 Å². The predicted molar refractivity (Wildman–Crippen MR) is 159 cm³/mol. The standard InChI is InChI=1S/C33H42N4O5/c1-6-35(7-2)32(4,5)29(39)34-26-15-16-27-25(19-26)17-18-33(27)30(40)37(31(41)42-33)21-28(38)36(22(3)24-13-14-24)20-23-11-9-8-10-12-23/h8-12,15-16,19,22,24H,6-7,13-14,17-18,20-21H2,1-5H3,(H,34,39). The minimum atomic E-state index is -1.44. The molecule has 9 heteroatoms. The maximum atomic E-state index is 13.8. The number of aryl methyl sites for hydroxylation is 1. The first-order chi connectivity index (χ1) is 20.0. The number of rotatable bonds is 11. The van der Waals surface area contributed by atoms with Crippen molar-refractivity contribution in [2.45, 2.75) is 84.0 Å². The molecule has 2 aromatic rings. The van der Waals surface area contributed by atoms with E-state index < -0.39 is 23.1 Å². The van der Waals surface area contributed by atoms with Crippen LogP contribution in [-0.2, 0) is 37.7 Å². The van der Waals surface area contributed by atoms with Gasteiger partial charge in [-0.3, -0.25) is 19.3 Å². The molecular weight excluding hydrogens is 532 g/mol. The number of carbonyl (C=O) groups is 4. The summed E-state index contributed by atoms with van der Waals surface area (Å²) in [5.74, 6) is -0.461. The Hall–Kier alpha value is -3.72. The van der Waals surface area contributed by atoms with Gasteiger partial charge in [-0.05, 0) is 82.3 Å². The van der Waals surface area contributed by atoms with Crippen molar-refractivity contribution in [3.05, 3.63) is 65.2 Å². The first-order valence-corrected chi connectivity index (χ1v) is 15.1. The SMILES string of the molecule is CCN(CC)C(C)(C)C(=O)Nc1ccc2c(c1)CCC21OC(=O)N(CC(=O)N(Cc2ccccc2)C(C)C2CC2)C1=O. The molecule has 0 aromatic heterocycles. The molecular formula is C33H42N4O5. The number of amides is 4. The molecule has 4 amide bonds. The second-order valence-corrected chi connectivity index (χ2v) is 12.2. The van der Waals surface area contributed by atoms with Crippen LogP contribution in [0.2, 0.25) is 0 Å². The molecule has 2 aliphatic carbocycles. The van der Waals surface area contributed by atoms with Crippen molar-refractivity contribution in [1.82, 2.24) is 14.7 Å². The third kappa shape index (κ3) is 5.42. The Morgan fingerprint density at radius 3 is 2.43 bits per heavy atom. The molecule has 3 aliphatic rings. The molecule has 1 aliphatic heterocycles. The number of nitrogens with zero attached hydrogens (tertiary/aromatic N) is 3. The number of fused-ring (bicyclic) bond motifs is 2. The van der Waals surface area contributed by atoms with Gasteiger partial charge in [0.25, 0.3) is 5.91 Å². The van der Waals surface area contributed by atoms with Gasteiger partial charge in [-0.15, -0.1) is 0 Å². The summed E-state index contributed by atoms with van der Waals surface area (Å²) in [4.78, 5) is 58.5. The molecule has 2 fully saturated rings. The van der Waals surface area contributed by atoms with E-state index in [9.17, 15) is 19.2 Å². The van der Waals surface area contributed by atoms with Gasteiger partial charge in [0, 0.05) is 30.3 Å². The van der Waals surface area contributed by atoms with Crippen LogP contribution >= 0.6 is 0 Å². The Morgan fingerprint density at radius 2 is 1.79 bits per heavy atom. The third-order valence-corrected chi connectivity index (χ3v) is 9.33. The molecule has 1 N–H and O–H groups in total.